The van der Waals surface area contributed by atoms with E-state index in [1.54, 1.807) is 0 Å². The largest absolute Gasteiger partial charge is 0.444 e. The monoisotopic (exact) mass is 236 g/mol. The lowest BCUT2D eigenvalue weighted by Gasteiger charge is -2.22. The van der Waals surface area contributed by atoms with E-state index < -0.39 is 11.7 Å². The number of aliphatic hydroxyl groups is 1. The molecule has 4 nitrogen and oxygen atoms in total. The molecule has 0 aromatic rings. The van der Waals surface area contributed by atoms with E-state index in [1.165, 1.54) is 0 Å². The minimum Gasteiger partial charge on any atom is -0.444 e. The van der Waals surface area contributed by atoms with E-state index in [0.29, 0.717) is 0 Å². The van der Waals surface area contributed by atoms with E-state index in [4.69, 9.17) is 9.84 Å². The number of carbonyl (C=O) groups excluding carboxylic acids is 1. The van der Waals surface area contributed by atoms with E-state index >= 15 is 0 Å². The number of rotatable bonds is 4. The molecule has 0 fully saturated rings. The molecular weight excluding hydrogens is 214 g/mol. The maximum Gasteiger partial charge on any atom is 0.408 e. The third-order valence-electron chi connectivity index (χ3n) is 1.48. The molecule has 0 radical (unpaired) electrons. The van der Waals surface area contributed by atoms with Crippen molar-refractivity contribution in [2.45, 2.75) is 32.4 Å². The highest BCUT2D eigenvalue weighted by atomic mass is 32.2. The van der Waals surface area contributed by atoms with Crippen LogP contribution < -0.4 is 5.32 Å². The van der Waals surface area contributed by atoms with Crippen LogP contribution in [0.25, 0.3) is 0 Å². The summed E-state index contributed by atoms with van der Waals surface area (Å²) in [5.41, 5.74) is -0.496. The lowest BCUT2D eigenvalue weighted by Crippen LogP contribution is -2.44. The molecule has 0 aromatic carbocycles. The number of carbonyl (C=O) groups is 1. The highest BCUT2D eigenvalue weighted by Gasteiger charge is 2.21. The summed E-state index contributed by atoms with van der Waals surface area (Å²) in [6.07, 6.45) is 3.67. The molecule has 2 N–H and O–H groups in total. The van der Waals surface area contributed by atoms with Gasteiger partial charge in [0.05, 0.1) is 25.2 Å². The van der Waals surface area contributed by atoms with Gasteiger partial charge in [0, 0.05) is 0 Å². The number of hydrogen-bond donors (Lipinski definition) is 2. The van der Waals surface area contributed by atoms with Gasteiger partial charge in [-0.1, -0.05) is 0 Å². The predicted molar refractivity (Wildman–Crippen MR) is 64.3 cm³/mol. The van der Waals surface area contributed by atoms with Gasteiger partial charge in [-0.25, -0.2) is 4.79 Å². The summed E-state index contributed by atoms with van der Waals surface area (Å²) in [5, 5.41) is 11.7. The van der Waals surface area contributed by atoms with Gasteiger partial charge in [-0.15, -0.1) is 0 Å². The summed E-state index contributed by atoms with van der Waals surface area (Å²) in [6.45, 7) is 5.38. The standard InChI is InChI=1S/C10H21NO3S/c1-10(2,3)14-9(13)11-8(6-12)7-15(4)5/h8,12H,6-7H2,1-5H3/p+1/t8-/m1/s1. The number of aliphatic hydroxyl groups excluding tert-OH is 1. The zero-order chi connectivity index (χ0) is 12.1. The first-order valence-corrected chi connectivity index (χ1v) is 7.10. The average Bonchev–Trinajstić information content (AvgIpc) is 1.98. The van der Waals surface area contributed by atoms with Crippen molar-refractivity contribution < 1.29 is 14.6 Å². The van der Waals surface area contributed by atoms with Gasteiger partial charge in [-0.2, -0.15) is 0 Å². The van der Waals surface area contributed by atoms with E-state index in [-0.39, 0.29) is 23.5 Å². The zero-order valence-electron chi connectivity index (χ0n) is 10.2. The molecule has 0 bridgehead atoms. The zero-order valence-corrected chi connectivity index (χ0v) is 11.0. The Morgan fingerprint density at radius 3 is 2.33 bits per heavy atom. The van der Waals surface area contributed by atoms with Gasteiger partial charge in [-0.3, -0.25) is 0 Å². The first-order valence-electron chi connectivity index (χ1n) is 4.89. The van der Waals surface area contributed by atoms with Gasteiger partial charge in [0.15, 0.2) is 0 Å². The SMILES string of the molecule is C[S+](C)C[C@@H](CO)NC(=O)OC(C)(C)C. The number of amides is 1. The fourth-order valence-corrected chi connectivity index (χ4v) is 2.01. The molecule has 0 aliphatic carbocycles. The van der Waals surface area contributed by atoms with Gasteiger partial charge < -0.3 is 15.2 Å². The number of nitrogens with one attached hydrogen (secondary N) is 1. The van der Waals surface area contributed by atoms with Crippen LogP contribution in [-0.2, 0) is 15.6 Å². The Balaban J connectivity index is 4.02. The minimum atomic E-state index is -0.496. The average molecular weight is 236 g/mol. The van der Waals surface area contributed by atoms with E-state index in [0.717, 1.165) is 5.75 Å². The summed E-state index contributed by atoms with van der Waals surface area (Å²) in [7, 11) is 0.185. The van der Waals surface area contributed by atoms with Crippen LogP contribution in [0.4, 0.5) is 4.79 Å². The van der Waals surface area contributed by atoms with Gasteiger partial charge in [-0.05, 0) is 31.7 Å². The highest BCUT2D eigenvalue weighted by Crippen LogP contribution is 2.06. The molecule has 0 aliphatic rings. The van der Waals surface area contributed by atoms with E-state index in [1.807, 2.05) is 20.8 Å². The van der Waals surface area contributed by atoms with Crippen molar-refractivity contribution in [3.05, 3.63) is 0 Å². The molecule has 0 spiro atoms. The van der Waals surface area contributed by atoms with Crippen LogP contribution in [0.1, 0.15) is 20.8 Å². The van der Waals surface area contributed by atoms with Crippen molar-refractivity contribution in [1.29, 1.82) is 0 Å². The van der Waals surface area contributed by atoms with Gasteiger partial charge in [0.1, 0.15) is 11.4 Å². The Bertz CT molecular complexity index is 201. The maximum absolute atomic E-state index is 11.4. The molecule has 0 saturated heterocycles. The molecule has 0 unspecified atom stereocenters. The van der Waals surface area contributed by atoms with Crippen LogP contribution in [0.3, 0.4) is 0 Å². The molecule has 5 heteroatoms. The van der Waals surface area contributed by atoms with Gasteiger partial charge in [0.2, 0.25) is 0 Å². The normalized spacial score (nSPS) is 13.8. The molecule has 90 valence electrons. The van der Waals surface area contributed by atoms with Crippen LogP contribution in [0.15, 0.2) is 0 Å². The van der Waals surface area contributed by atoms with Crippen molar-refractivity contribution in [3.8, 4) is 0 Å². The Labute approximate surface area is 94.7 Å². The van der Waals surface area contributed by atoms with Crippen molar-refractivity contribution in [2.24, 2.45) is 0 Å². The molecule has 0 rings (SSSR count). The second-order valence-electron chi connectivity index (χ2n) is 4.68. The van der Waals surface area contributed by atoms with Gasteiger partial charge >= 0.3 is 6.09 Å². The van der Waals surface area contributed by atoms with E-state index in [9.17, 15) is 4.79 Å². The topological polar surface area (TPSA) is 58.6 Å². The Morgan fingerprint density at radius 2 is 2.00 bits per heavy atom. The van der Waals surface area contributed by atoms with Crippen molar-refractivity contribution in [1.82, 2.24) is 5.32 Å². The van der Waals surface area contributed by atoms with Crippen LogP contribution >= 0.6 is 0 Å². The molecule has 0 aliphatic heterocycles. The Morgan fingerprint density at radius 1 is 1.47 bits per heavy atom. The molecule has 15 heavy (non-hydrogen) atoms. The number of alkyl carbamates (subject to hydrolysis) is 1. The summed E-state index contributed by atoms with van der Waals surface area (Å²) < 4.78 is 5.09. The predicted octanol–water partition coefficient (Wildman–Crippen LogP) is 0.750. The molecule has 0 saturated carbocycles. The maximum atomic E-state index is 11.4. The Kier molecular flexibility index (Phi) is 6.05. The third-order valence-corrected chi connectivity index (χ3v) is 2.54. The molecule has 1 amide bonds. The molecule has 0 aromatic heterocycles. The van der Waals surface area contributed by atoms with Crippen LogP contribution in [0.2, 0.25) is 0 Å². The van der Waals surface area contributed by atoms with Crippen LogP contribution in [-0.4, -0.2) is 47.7 Å². The smallest absolute Gasteiger partial charge is 0.408 e. The number of hydrogen-bond acceptors (Lipinski definition) is 3. The minimum absolute atomic E-state index is 0.0512. The highest BCUT2D eigenvalue weighted by molar-refractivity contribution is 7.95. The van der Waals surface area contributed by atoms with Crippen molar-refractivity contribution >= 4 is 17.0 Å². The second-order valence-corrected chi connectivity index (χ2v) is 6.98. The Hall–Kier alpha value is -0.420. The van der Waals surface area contributed by atoms with Gasteiger partial charge in [0.25, 0.3) is 0 Å². The fourth-order valence-electron chi connectivity index (χ4n) is 1.02. The van der Waals surface area contributed by atoms with Crippen molar-refractivity contribution in [3.63, 3.8) is 0 Å². The molecule has 0 heterocycles. The quantitative estimate of drug-likeness (QED) is 0.708. The first-order chi connectivity index (χ1) is 6.74. The lowest BCUT2D eigenvalue weighted by atomic mass is 10.2. The first kappa shape index (κ1) is 14.6. The number of ether oxygens (including phenoxy) is 1. The third kappa shape index (κ3) is 8.57. The van der Waals surface area contributed by atoms with Crippen LogP contribution in [0, 0.1) is 0 Å². The van der Waals surface area contributed by atoms with Crippen LogP contribution in [0.5, 0.6) is 0 Å². The fraction of sp³-hybridized carbons (Fsp3) is 0.900. The lowest BCUT2D eigenvalue weighted by molar-refractivity contribution is 0.0491. The molecular formula is C10H22NO3S+. The summed E-state index contributed by atoms with van der Waals surface area (Å²) in [4.78, 5) is 11.4. The second kappa shape index (κ2) is 6.23. The summed E-state index contributed by atoms with van der Waals surface area (Å²) in [6, 6.07) is -0.210. The summed E-state index contributed by atoms with van der Waals surface area (Å²) >= 11 is 0. The molecule has 1 atom stereocenters. The summed E-state index contributed by atoms with van der Waals surface area (Å²) in [5.74, 6) is 0.774. The van der Waals surface area contributed by atoms with E-state index in [2.05, 4.69) is 17.8 Å². The van der Waals surface area contributed by atoms with Crippen molar-refractivity contribution in [2.75, 3.05) is 24.9 Å².